The maximum absolute atomic E-state index is 8.81. The number of nitriles is 1. The summed E-state index contributed by atoms with van der Waals surface area (Å²) in [6, 6.07) is 13.0. The van der Waals surface area contributed by atoms with Crippen molar-refractivity contribution in [2.45, 2.75) is 6.61 Å². The summed E-state index contributed by atoms with van der Waals surface area (Å²) < 4.78 is 5.74. The molecule has 1 aromatic carbocycles. The van der Waals surface area contributed by atoms with Crippen LogP contribution < -0.4 is 10.5 Å². The van der Waals surface area contributed by atoms with E-state index in [0.29, 0.717) is 24.6 Å². The Kier molecular flexibility index (Phi) is 4.72. The van der Waals surface area contributed by atoms with Crippen molar-refractivity contribution < 1.29 is 4.74 Å². The van der Waals surface area contributed by atoms with Crippen LogP contribution in [0.1, 0.15) is 16.8 Å². The van der Waals surface area contributed by atoms with Gasteiger partial charge in [0, 0.05) is 6.20 Å². The second-order valence-electron chi connectivity index (χ2n) is 3.95. The third kappa shape index (κ3) is 3.58. The van der Waals surface area contributed by atoms with E-state index in [-0.39, 0.29) is 0 Å². The highest BCUT2D eigenvalue weighted by Crippen LogP contribution is 2.18. The average Bonchev–Trinajstić information content (AvgIpc) is 2.52. The summed E-state index contributed by atoms with van der Waals surface area (Å²) >= 11 is 0. The molecule has 0 aliphatic carbocycles. The minimum absolute atomic E-state index is 0.310. The van der Waals surface area contributed by atoms with E-state index in [9.17, 15) is 0 Å². The first-order chi connectivity index (χ1) is 9.83. The summed E-state index contributed by atoms with van der Waals surface area (Å²) in [4.78, 5) is 3.92. The van der Waals surface area contributed by atoms with Crippen LogP contribution in [0.5, 0.6) is 5.75 Å². The quantitative estimate of drug-likeness (QED) is 0.858. The van der Waals surface area contributed by atoms with Crippen molar-refractivity contribution in [2.24, 2.45) is 5.73 Å². The molecule has 0 unspecified atom stereocenters. The predicted molar refractivity (Wildman–Crippen MR) is 75.7 cm³/mol. The fourth-order valence-electron chi connectivity index (χ4n) is 1.63. The fourth-order valence-corrected chi connectivity index (χ4v) is 1.63. The predicted octanol–water partition coefficient (Wildman–Crippen LogP) is 1.84. The lowest BCUT2D eigenvalue weighted by Crippen LogP contribution is -1.99. The monoisotopic (exact) mass is 263 g/mol. The van der Waals surface area contributed by atoms with Gasteiger partial charge in [0.25, 0.3) is 0 Å². The molecule has 0 atom stereocenters. The molecule has 2 aromatic rings. The molecule has 0 saturated carbocycles. The molecule has 0 radical (unpaired) electrons. The number of hydrogen-bond acceptors (Lipinski definition) is 4. The number of nitrogens with two attached hydrogens (primary N) is 1. The zero-order valence-corrected chi connectivity index (χ0v) is 10.8. The molecule has 0 saturated heterocycles. The van der Waals surface area contributed by atoms with Crippen LogP contribution in [0, 0.1) is 23.2 Å². The van der Waals surface area contributed by atoms with Gasteiger partial charge in [0.05, 0.1) is 12.1 Å². The molecule has 20 heavy (non-hydrogen) atoms. The molecule has 0 amide bonds. The molecule has 1 heterocycles. The van der Waals surface area contributed by atoms with Crippen molar-refractivity contribution >= 4 is 0 Å². The second kappa shape index (κ2) is 6.94. The van der Waals surface area contributed by atoms with Crippen molar-refractivity contribution in [3.05, 3.63) is 59.4 Å². The van der Waals surface area contributed by atoms with Gasteiger partial charge in [-0.05, 0) is 29.8 Å². The maximum Gasteiger partial charge on any atom is 0.140 e. The third-order valence-electron chi connectivity index (χ3n) is 2.55. The van der Waals surface area contributed by atoms with Crippen LogP contribution in [0.3, 0.4) is 0 Å². The van der Waals surface area contributed by atoms with Gasteiger partial charge in [0.15, 0.2) is 0 Å². The van der Waals surface area contributed by atoms with E-state index in [1.165, 1.54) is 0 Å². The van der Waals surface area contributed by atoms with Crippen LogP contribution >= 0.6 is 0 Å². The zero-order chi connectivity index (χ0) is 14.2. The van der Waals surface area contributed by atoms with E-state index >= 15 is 0 Å². The van der Waals surface area contributed by atoms with Crippen LogP contribution in [0.25, 0.3) is 0 Å². The maximum atomic E-state index is 8.81. The second-order valence-corrected chi connectivity index (χ2v) is 3.95. The summed E-state index contributed by atoms with van der Waals surface area (Å²) in [7, 11) is 0. The Hall–Kier alpha value is -2.82. The highest BCUT2D eigenvalue weighted by molar-refractivity contribution is 5.46. The van der Waals surface area contributed by atoms with E-state index in [0.717, 1.165) is 11.1 Å². The molecular formula is C16H13N3O. The minimum atomic E-state index is 0.310. The van der Waals surface area contributed by atoms with E-state index < -0.39 is 0 Å². The van der Waals surface area contributed by atoms with Crippen LogP contribution in [0.4, 0.5) is 0 Å². The molecule has 0 aliphatic heterocycles. The molecule has 4 heteroatoms. The van der Waals surface area contributed by atoms with Gasteiger partial charge in [-0.2, -0.15) is 5.26 Å². The molecule has 2 rings (SSSR count). The molecule has 4 nitrogen and oxygen atoms in total. The molecule has 0 fully saturated rings. The number of pyridine rings is 1. The number of aromatic nitrogens is 1. The van der Waals surface area contributed by atoms with Gasteiger partial charge in [-0.3, -0.25) is 0 Å². The fraction of sp³-hybridized carbons (Fsp3) is 0.125. The average molecular weight is 263 g/mol. The van der Waals surface area contributed by atoms with E-state index in [2.05, 4.69) is 16.8 Å². The Labute approximate surface area is 117 Å². The van der Waals surface area contributed by atoms with Crippen molar-refractivity contribution in [3.8, 4) is 23.7 Å². The van der Waals surface area contributed by atoms with E-state index in [1.54, 1.807) is 12.3 Å². The minimum Gasteiger partial charge on any atom is -0.488 e. The summed E-state index contributed by atoms with van der Waals surface area (Å²) in [5, 5.41) is 8.81. The Morgan fingerprint density at radius 3 is 2.90 bits per heavy atom. The van der Waals surface area contributed by atoms with Gasteiger partial charge in [0.2, 0.25) is 0 Å². The van der Waals surface area contributed by atoms with Gasteiger partial charge < -0.3 is 10.5 Å². The third-order valence-corrected chi connectivity index (χ3v) is 2.55. The van der Waals surface area contributed by atoms with Gasteiger partial charge in [-0.25, -0.2) is 4.98 Å². The van der Waals surface area contributed by atoms with Crippen LogP contribution in [-0.2, 0) is 6.61 Å². The van der Waals surface area contributed by atoms with Crippen molar-refractivity contribution in [1.82, 2.24) is 4.98 Å². The molecular weight excluding hydrogens is 250 g/mol. The van der Waals surface area contributed by atoms with Crippen LogP contribution in [0.15, 0.2) is 42.6 Å². The SMILES string of the molecule is N#Cc1cc(COc2ccccc2C#CCN)ccn1. The normalized spacial score (nSPS) is 9.20. The number of hydrogen-bond donors (Lipinski definition) is 1. The van der Waals surface area contributed by atoms with Gasteiger partial charge in [0.1, 0.15) is 24.1 Å². The van der Waals surface area contributed by atoms with Crippen molar-refractivity contribution in [1.29, 1.82) is 5.26 Å². The topological polar surface area (TPSA) is 71.9 Å². The number of benzene rings is 1. The zero-order valence-electron chi connectivity index (χ0n) is 10.8. The lowest BCUT2D eigenvalue weighted by molar-refractivity contribution is 0.305. The first kappa shape index (κ1) is 13.6. The van der Waals surface area contributed by atoms with Crippen molar-refractivity contribution in [2.75, 3.05) is 6.54 Å². The van der Waals surface area contributed by atoms with Gasteiger partial charge >= 0.3 is 0 Å². The molecule has 1 aromatic heterocycles. The molecule has 0 aliphatic rings. The highest BCUT2D eigenvalue weighted by Gasteiger charge is 2.02. The van der Waals surface area contributed by atoms with Gasteiger partial charge in [-0.1, -0.05) is 24.0 Å². The number of ether oxygens (including phenoxy) is 1. The summed E-state index contributed by atoms with van der Waals surface area (Å²) in [6.45, 7) is 0.669. The Bertz CT molecular complexity index is 693. The van der Waals surface area contributed by atoms with Crippen LogP contribution in [-0.4, -0.2) is 11.5 Å². The molecule has 0 spiro atoms. The largest absolute Gasteiger partial charge is 0.488 e. The standard InChI is InChI=1S/C16H13N3O/c17-8-3-5-14-4-1-2-6-16(14)20-12-13-7-9-19-15(10-13)11-18/h1-2,4,6-7,9-10H,8,12,17H2. The first-order valence-corrected chi connectivity index (χ1v) is 6.09. The lowest BCUT2D eigenvalue weighted by Gasteiger charge is -2.08. The van der Waals surface area contributed by atoms with E-state index in [1.807, 2.05) is 36.4 Å². The summed E-state index contributed by atoms with van der Waals surface area (Å²) in [6.07, 6.45) is 1.59. The number of rotatable bonds is 3. The number of nitrogens with zero attached hydrogens (tertiary/aromatic N) is 2. The number of para-hydroxylation sites is 1. The summed E-state index contributed by atoms with van der Waals surface area (Å²) in [5.74, 6) is 6.47. The Morgan fingerprint density at radius 2 is 2.10 bits per heavy atom. The molecule has 2 N–H and O–H groups in total. The smallest absolute Gasteiger partial charge is 0.140 e. The van der Waals surface area contributed by atoms with E-state index in [4.69, 9.17) is 15.7 Å². The Balaban J connectivity index is 2.13. The Morgan fingerprint density at radius 1 is 1.25 bits per heavy atom. The first-order valence-electron chi connectivity index (χ1n) is 6.09. The van der Waals surface area contributed by atoms with Crippen LogP contribution in [0.2, 0.25) is 0 Å². The van der Waals surface area contributed by atoms with Crippen molar-refractivity contribution in [3.63, 3.8) is 0 Å². The van der Waals surface area contributed by atoms with Gasteiger partial charge in [-0.15, -0.1) is 0 Å². The molecule has 0 bridgehead atoms. The molecule has 98 valence electrons. The highest BCUT2D eigenvalue weighted by atomic mass is 16.5. The lowest BCUT2D eigenvalue weighted by atomic mass is 10.2. The summed E-state index contributed by atoms with van der Waals surface area (Å²) in [5.41, 5.74) is 7.43.